The first-order chi connectivity index (χ1) is 6.88. The molecule has 0 aromatic heterocycles. The highest BCUT2D eigenvalue weighted by atomic mass is 16.5. The first kappa shape index (κ1) is 12.0. The zero-order valence-electron chi connectivity index (χ0n) is 9.72. The van der Waals surface area contributed by atoms with Crippen LogP contribution >= 0.6 is 0 Å². The monoisotopic (exact) mass is 199 g/mol. The van der Waals surface area contributed by atoms with Gasteiger partial charge >= 0.3 is 0 Å². The molecule has 0 saturated carbocycles. The maximum atomic E-state index is 5.83. The molecule has 1 aliphatic rings. The van der Waals surface area contributed by atoms with Crippen molar-refractivity contribution in [2.24, 2.45) is 0 Å². The van der Waals surface area contributed by atoms with Gasteiger partial charge in [0.2, 0.25) is 0 Å². The third-order valence-electron chi connectivity index (χ3n) is 3.00. The SMILES string of the molecule is CCCCC1NCCOC1CCCC. The molecule has 0 spiro atoms. The topological polar surface area (TPSA) is 21.3 Å². The van der Waals surface area contributed by atoms with E-state index in [1.165, 1.54) is 38.5 Å². The van der Waals surface area contributed by atoms with Gasteiger partial charge in [-0.05, 0) is 12.8 Å². The lowest BCUT2D eigenvalue weighted by molar-refractivity contribution is -0.0123. The highest BCUT2D eigenvalue weighted by Gasteiger charge is 2.23. The van der Waals surface area contributed by atoms with Crippen LogP contribution in [0.2, 0.25) is 0 Å². The van der Waals surface area contributed by atoms with Crippen LogP contribution in [0.1, 0.15) is 52.4 Å². The van der Waals surface area contributed by atoms with Crippen LogP contribution in [-0.4, -0.2) is 25.3 Å². The number of unbranched alkanes of at least 4 members (excludes halogenated alkanes) is 2. The van der Waals surface area contributed by atoms with Gasteiger partial charge in [-0.25, -0.2) is 0 Å². The van der Waals surface area contributed by atoms with Gasteiger partial charge in [-0.3, -0.25) is 0 Å². The molecular weight excluding hydrogens is 174 g/mol. The van der Waals surface area contributed by atoms with Crippen molar-refractivity contribution in [3.05, 3.63) is 0 Å². The van der Waals surface area contributed by atoms with Gasteiger partial charge in [-0.2, -0.15) is 0 Å². The van der Waals surface area contributed by atoms with Crippen molar-refractivity contribution in [2.45, 2.75) is 64.5 Å². The van der Waals surface area contributed by atoms with Crippen LogP contribution in [0.25, 0.3) is 0 Å². The van der Waals surface area contributed by atoms with Crippen LogP contribution in [0, 0.1) is 0 Å². The summed E-state index contributed by atoms with van der Waals surface area (Å²) in [5.74, 6) is 0. The minimum Gasteiger partial charge on any atom is -0.375 e. The normalized spacial score (nSPS) is 27.9. The van der Waals surface area contributed by atoms with Crippen LogP contribution in [-0.2, 0) is 4.74 Å². The second-order valence-electron chi connectivity index (χ2n) is 4.25. The summed E-state index contributed by atoms with van der Waals surface area (Å²) in [5, 5.41) is 3.59. The quantitative estimate of drug-likeness (QED) is 0.710. The highest BCUT2D eigenvalue weighted by molar-refractivity contribution is 4.80. The predicted octanol–water partition coefficient (Wildman–Crippen LogP) is 2.72. The minimum absolute atomic E-state index is 0.482. The molecule has 1 heterocycles. The lowest BCUT2D eigenvalue weighted by atomic mass is 9.98. The Kier molecular flexibility index (Phi) is 6.20. The molecule has 2 atom stereocenters. The van der Waals surface area contributed by atoms with Crippen LogP contribution < -0.4 is 5.32 Å². The number of nitrogens with one attached hydrogen (secondary N) is 1. The van der Waals surface area contributed by atoms with E-state index in [0.29, 0.717) is 12.1 Å². The first-order valence-corrected chi connectivity index (χ1v) is 6.23. The maximum Gasteiger partial charge on any atom is 0.0728 e. The van der Waals surface area contributed by atoms with E-state index in [4.69, 9.17) is 4.74 Å². The summed E-state index contributed by atoms with van der Waals surface area (Å²) in [5.41, 5.74) is 0. The Hall–Kier alpha value is -0.0800. The Labute approximate surface area is 88.4 Å². The van der Waals surface area contributed by atoms with E-state index in [-0.39, 0.29) is 0 Å². The predicted molar refractivity (Wildman–Crippen MR) is 60.6 cm³/mol. The molecule has 2 nitrogen and oxygen atoms in total. The molecule has 1 fully saturated rings. The number of hydrogen-bond acceptors (Lipinski definition) is 2. The molecule has 1 saturated heterocycles. The average Bonchev–Trinajstić information content (AvgIpc) is 2.24. The summed E-state index contributed by atoms with van der Waals surface area (Å²) in [6, 6.07) is 0.621. The van der Waals surface area contributed by atoms with Crippen molar-refractivity contribution < 1.29 is 4.74 Å². The van der Waals surface area contributed by atoms with Crippen molar-refractivity contribution in [3.63, 3.8) is 0 Å². The lowest BCUT2D eigenvalue weighted by Gasteiger charge is -2.33. The van der Waals surface area contributed by atoms with Crippen molar-refractivity contribution in [2.75, 3.05) is 13.2 Å². The molecular formula is C12H25NO. The van der Waals surface area contributed by atoms with E-state index in [0.717, 1.165) is 13.2 Å². The fourth-order valence-electron chi connectivity index (χ4n) is 2.10. The molecule has 0 bridgehead atoms. The molecule has 14 heavy (non-hydrogen) atoms. The van der Waals surface area contributed by atoms with E-state index < -0.39 is 0 Å². The number of ether oxygens (including phenoxy) is 1. The van der Waals surface area contributed by atoms with Gasteiger partial charge in [0.1, 0.15) is 0 Å². The number of rotatable bonds is 6. The fraction of sp³-hybridized carbons (Fsp3) is 1.00. The zero-order chi connectivity index (χ0) is 10.2. The largest absolute Gasteiger partial charge is 0.375 e. The Morgan fingerprint density at radius 2 is 1.86 bits per heavy atom. The second-order valence-corrected chi connectivity index (χ2v) is 4.25. The fourth-order valence-corrected chi connectivity index (χ4v) is 2.10. The molecule has 0 radical (unpaired) electrons. The molecule has 0 aliphatic carbocycles. The zero-order valence-corrected chi connectivity index (χ0v) is 9.72. The van der Waals surface area contributed by atoms with Crippen molar-refractivity contribution in [1.29, 1.82) is 0 Å². The van der Waals surface area contributed by atoms with Crippen molar-refractivity contribution >= 4 is 0 Å². The van der Waals surface area contributed by atoms with Crippen LogP contribution in [0.4, 0.5) is 0 Å². The van der Waals surface area contributed by atoms with Gasteiger partial charge < -0.3 is 10.1 Å². The van der Waals surface area contributed by atoms with Crippen molar-refractivity contribution in [1.82, 2.24) is 5.32 Å². The van der Waals surface area contributed by atoms with Gasteiger partial charge in [0.25, 0.3) is 0 Å². The summed E-state index contributed by atoms with van der Waals surface area (Å²) < 4.78 is 5.83. The van der Waals surface area contributed by atoms with E-state index in [1.807, 2.05) is 0 Å². The molecule has 1 rings (SSSR count). The van der Waals surface area contributed by atoms with E-state index >= 15 is 0 Å². The molecule has 0 amide bonds. The van der Waals surface area contributed by atoms with Crippen LogP contribution in [0.15, 0.2) is 0 Å². The molecule has 1 N–H and O–H groups in total. The van der Waals surface area contributed by atoms with E-state index in [1.54, 1.807) is 0 Å². The maximum absolute atomic E-state index is 5.83. The summed E-state index contributed by atoms with van der Waals surface area (Å²) in [7, 11) is 0. The summed E-state index contributed by atoms with van der Waals surface area (Å²) in [4.78, 5) is 0. The molecule has 84 valence electrons. The second kappa shape index (κ2) is 7.24. The Morgan fingerprint density at radius 1 is 1.14 bits per heavy atom. The summed E-state index contributed by atoms with van der Waals surface area (Å²) in [6.45, 7) is 6.44. The highest BCUT2D eigenvalue weighted by Crippen LogP contribution is 2.16. The molecule has 2 unspecified atom stereocenters. The third kappa shape index (κ3) is 3.97. The van der Waals surface area contributed by atoms with E-state index in [9.17, 15) is 0 Å². The van der Waals surface area contributed by atoms with Gasteiger partial charge in [-0.15, -0.1) is 0 Å². The standard InChI is InChI=1S/C12H25NO/c1-3-5-7-11-12(8-6-4-2)14-10-9-13-11/h11-13H,3-10H2,1-2H3. The third-order valence-corrected chi connectivity index (χ3v) is 3.00. The molecule has 1 aliphatic heterocycles. The van der Waals surface area contributed by atoms with Crippen LogP contribution in [0.3, 0.4) is 0 Å². The molecule has 0 aromatic carbocycles. The van der Waals surface area contributed by atoms with Gasteiger partial charge in [0.05, 0.1) is 12.7 Å². The Balaban J connectivity index is 2.26. The summed E-state index contributed by atoms with van der Waals surface area (Å²) >= 11 is 0. The minimum atomic E-state index is 0.482. The average molecular weight is 199 g/mol. The van der Waals surface area contributed by atoms with Gasteiger partial charge in [0, 0.05) is 12.6 Å². The molecule has 0 aromatic rings. The Bertz CT molecular complexity index is 122. The van der Waals surface area contributed by atoms with Gasteiger partial charge in [-0.1, -0.05) is 39.5 Å². The van der Waals surface area contributed by atoms with E-state index in [2.05, 4.69) is 19.2 Å². The summed E-state index contributed by atoms with van der Waals surface area (Å²) in [6.07, 6.45) is 8.19. The Morgan fingerprint density at radius 3 is 2.57 bits per heavy atom. The first-order valence-electron chi connectivity index (χ1n) is 6.23. The molecule has 2 heteroatoms. The van der Waals surface area contributed by atoms with Crippen molar-refractivity contribution in [3.8, 4) is 0 Å². The lowest BCUT2D eigenvalue weighted by Crippen LogP contribution is -2.48. The van der Waals surface area contributed by atoms with Gasteiger partial charge in [0.15, 0.2) is 0 Å². The number of morpholine rings is 1. The number of hydrogen-bond donors (Lipinski definition) is 1. The van der Waals surface area contributed by atoms with Crippen LogP contribution in [0.5, 0.6) is 0 Å². The smallest absolute Gasteiger partial charge is 0.0728 e.